The summed E-state index contributed by atoms with van der Waals surface area (Å²) < 4.78 is 6.66. The Morgan fingerprint density at radius 3 is 1.54 bits per heavy atom. The minimum atomic E-state index is 0.819. The van der Waals surface area contributed by atoms with E-state index in [9.17, 15) is 0 Å². The molecule has 7 rings (SSSR count). The number of rotatable bonds is 6. The van der Waals surface area contributed by atoms with Crippen molar-refractivity contribution in [2.24, 2.45) is 0 Å². The molecule has 0 saturated heterocycles. The lowest BCUT2D eigenvalue weighted by molar-refractivity contribution is 0.597. The molecular weight excluding hydrogens is 494 g/mol. The minimum Gasteiger partial charge on any atom is -0.454 e. The molecule has 0 spiro atoms. The van der Waals surface area contributed by atoms with Gasteiger partial charge in [0.2, 0.25) is 0 Å². The topological polar surface area (TPSA) is 28.9 Å². The SMILES string of the molecule is c1ccc(-c2c[nH]c(-c3ccc(-c4scc(-c5ccccc5)c4-c4ccccc4)o3)c2-c2ccccc2)cc1. The largest absolute Gasteiger partial charge is 0.454 e. The maximum atomic E-state index is 6.66. The van der Waals surface area contributed by atoms with E-state index in [-0.39, 0.29) is 0 Å². The van der Waals surface area contributed by atoms with Crippen LogP contribution in [0.3, 0.4) is 0 Å². The third kappa shape index (κ3) is 4.33. The lowest BCUT2D eigenvalue weighted by Crippen LogP contribution is -1.84. The number of aromatic nitrogens is 1. The molecule has 3 aromatic heterocycles. The highest BCUT2D eigenvalue weighted by molar-refractivity contribution is 7.14. The van der Waals surface area contributed by atoms with E-state index in [1.165, 1.54) is 27.8 Å². The molecule has 186 valence electrons. The van der Waals surface area contributed by atoms with Crippen LogP contribution in [-0.2, 0) is 0 Å². The quantitative estimate of drug-likeness (QED) is 0.233. The second-order valence-electron chi connectivity index (χ2n) is 9.43. The van der Waals surface area contributed by atoms with Gasteiger partial charge in [0.15, 0.2) is 5.76 Å². The Morgan fingerprint density at radius 2 is 0.949 bits per heavy atom. The lowest BCUT2D eigenvalue weighted by Gasteiger charge is -2.08. The maximum absolute atomic E-state index is 6.66. The summed E-state index contributed by atoms with van der Waals surface area (Å²) in [5.74, 6) is 1.69. The van der Waals surface area contributed by atoms with Crippen LogP contribution in [0.15, 0.2) is 149 Å². The zero-order valence-electron chi connectivity index (χ0n) is 21.2. The first-order valence-electron chi connectivity index (χ1n) is 13.0. The van der Waals surface area contributed by atoms with Crippen LogP contribution in [0.2, 0.25) is 0 Å². The van der Waals surface area contributed by atoms with Gasteiger partial charge in [-0.05, 0) is 39.8 Å². The first-order chi connectivity index (χ1) is 19.4. The van der Waals surface area contributed by atoms with Crippen LogP contribution in [0.25, 0.3) is 66.6 Å². The second kappa shape index (κ2) is 10.1. The fourth-order valence-electron chi connectivity index (χ4n) is 5.22. The highest BCUT2D eigenvalue weighted by Crippen LogP contribution is 2.47. The van der Waals surface area contributed by atoms with Gasteiger partial charge in [-0.1, -0.05) is 121 Å². The Labute approximate surface area is 231 Å². The van der Waals surface area contributed by atoms with Gasteiger partial charge in [0, 0.05) is 28.5 Å². The normalized spacial score (nSPS) is 11.1. The molecular formula is C36H25NOS. The van der Waals surface area contributed by atoms with Crippen molar-refractivity contribution >= 4 is 11.3 Å². The minimum absolute atomic E-state index is 0.819. The van der Waals surface area contributed by atoms with Gasteiger partial charge in [-0.15, -0.1) is 11.3 Å². The first-order valence-corrected chi connectivity index (χ1v) is 13.9. The molecule has 2 nitrogen and oxygen atoms in total. The van der Waals surface area contributed by atoms with E-state index in [1.54, 1.807) is 11.3 Å². The van der Waals surface area contributed by atoms with Crippen molar-refractivity contribution in [1.82, 2.24) is 4.98 Å². The van der Waals surface area contributed by atoms with Crippen LogP contribution in [-0.4, -0.2) is 4.98 Å². The number of furan rings is 1. The van der Waals surface area contributed by atoms with E-state index in [0.29, 0.717) is 0 Å². The average molecular weight is 520 g/mol. The summed E-state index contributed by atoms with van der Waals surface area (Å²) in [6, 6.07) is 46.4. The van der Waals surface area contributed by atoms with Crippen LogP contribution >= 0.6 is 11.3 Å². The molecule has 0 aliphatic heterocycles. The third-order valence-corrected chi connectivity index (χ3v) is 8.04. The molecule has 3 heterocycles. The van der Waals surface area contributed by atoms with Crippen LogP contribution in [0, 0.1) is 0 Å². The van der Waals surface area contributed by atoms with Gasteiger partial charge >= 0.3 is 0 Å². The summed E-state index contributed by atoms with van der Waals surface area (Å²) in [5.41, 5.74) is 10.4. The molecule has 0 aliphatic rings. The van der Waals surface area contributed by atoms with Crippen molar-refractivity contribution < 1.29 is 4.42 Å². The summed E-state index contributed by atoms with van der Waals surface area (Å²) >= 11 is 1.73. The van der Waals surface area contributed by atoms with Crippen LogP contribution in [0.1, 0.15) is 0 Å². The molecule has 0 fully saturated rings. The zero-order chi connectivity index (χ0) is 26.0. The molecule has 1 N–H and O–H groups in total. The fraction of sp³-hybridized carbons (Fsp3) is 0. The maximum Gasteiger partial charge on any atom is 0.151 e. The zero-order valence-corrected chi connectivity index (χ0v) is 22.0. The number of nitrogens with one attached hydrogen (secondary N) is 1. The molecule has 0 unspecified atom stereocenters. The van der Waals surface area contributed by atoms with Gasteiger partial charge in [-0.3, -0.25) is 0 Å². The highest BCUT2D eigenvalue weighted by Gasteiger charge is 2.22. The highest BCUT2D eigenvalue weighted by atomic mass is 32.1. The van der Waals surface area contributed by atoms with Gasteiger partial charge in [-0.2, -0.15) is 0 Å². The molecule has 0 bridgehead atoms. The Balaban J connectivity index is 1.37. The van der Waals surface area contributed by atoms with Crippen molar-refractivity contribution in [3.63, 3.8) is 0 Å². The standard InChI is InChI=1S/C36H25NOS/c1-5-13-25(14-6-1)29-23-37-35(33(29)27-17-9-3-10-18-27)31-21-22-32(38-31)36-34(28-19-11-4-12-20-28)30(24-39-36)26-15-7-2-8-16-26/h1-24,37H. The Kier molecular flexibility index (Phi) is 6.04. The lowest BCUT2D eigenvalue weighted by atomic mass is 9.96. The second-order valence-corrected chi connectivity index (χ2v) is 10.3. The van der Waals surface area contributed by atoms with E-state index < -0.39 is 0 Å². The van der Waals surface area contributed by atoms with E-state index in [1.807, 2.05) is 6.07 Å². The van der Waals surface area contributed by atoms with Crippen LogP contribution in [0.5, 0.6) is 0 Å². The Hall–Kier alpha value is -4.86. The summed E-state index contributed by atoms with van der Waals surface area (Å²) in [7, 11) is 0. The van der Waals surface area contributed by atoms with Crippen molar-refractivity contribution in [1.29, 1.82) is 0 Å². The summed E-state index contributed by atoms with van der Waals surface area (Å²) in [6.45, 7) is 0. The average Bonchev–Trinajstić information content (AvgIpc) is 3.77. The Bertz CT molecular complexity index is 1690. The van der Waals surface area contributed by atoms with Gasteiger partial charge in [0.05, 0.1) is 10.6 Å². The van der Waals surface area contributed by atoms with Gasteiger partial charge < -0.3 is 9.40 Å². The van der Waals surface area contributed by atoms with Crippen molar-refractivity contribution in [2.75, 3.05) is 0 Å². The predicted molar refractivity (Wildman–Crippen MR) is 164 cm³/mol. The molecule has 0 atom stereocenters. The van der Waals surface area contributed by atoms with Gasteiger partial charge in [0.25, 0.3) is 0 Å². The van der Waals surface area contributed by atoms with Crippen molar-refractivity contribution in [3.05, 3.63) is 145 Å². The van der Waals surface area contributed by atoms with E-state index in [2.05, 4.69) is 144 Å². The van der Waals surface area contributed by atoms with E-state index in [0.717, 1.165) is 38.8 Å². The van der Waals surface area contributed by atoms with E-state index >= 15 is 0 Å². The molecule has 0 aliphatic carbocycles. The van der Waals surface area contributed by atoms with Gasteiger partial charge in [-0.25, -0.2) is 0 Å². The molecule has 3 heteroatoms. The molecule has 0 amide bonds. The van der Waals surface area contributed by atoms with Crippen LogP contribution < -0.4 is 0 Å². The summed E-state index contributed by atoms with van der Waals surface area (Å²) in [5, 5.41) is 2.24. The van der Waals surface area contributed by atoms with Gasteiger partial charge in [0.1, 0.15) is 5.76 Å². The first kappa shape index (κ1) is 23.3. The number of hydrogen-bond acceptors (Lipinski definition) is 2. The number of thiophene rings is 1. The summed E-state index contributed by atoms with van der Waals surface area (Å²) in [6.07, 6.45) is 2.09. The van der Waals surface area contributed by atoms with E-state index in [4.69, 9.17) is 4.42 Å². The fourth-order valence-corrected chi connectivity index (χ4v) is 6.28. The third-order valence-electron chi connectivity index (χ3n) is 7.04. The van der Waals surface area contributed by atoms with Crippen LogP contribution in [0.4, 0.5) is 0 Å². The number of aromatic amines is 1. The molecule has 0 radical (unpaired) electrons. The number of H-pyrrole nitrogens is 1. The molecule has 4 aromatic carbocycles. The Morgan fingerprint density at radius 1 is 0.462 bits per heavy atom. The predicted octanol–water partition coefficient (Wildman–Crippen LogP) is 10.7. The monoisotopic (exact) mass is 519 g/mol. The molecule has 7 aromatic rings. The molecule has 0 saturated carbocycles. The molecule has 39 heavy (non-hydrogen) atoms. The van der Waals surface area contributed by atoms with Crippen molar-refractivity contribution in [3.8, 4) is 66.6 Å². The van der Waals surface area contributed by atoms with Crippen molar-refractivity contribution in [2.45, 2.75) is 0 Å². The number of hydrogen-bond donors (Lipinski definition) is 1. The summed E-state index contributed by atoms with van der Waals surface area (Å²) in [4.78, 5) is 4.67. The number of benzene rings is 4. The smallest absolute Gasteiger partial charge is 0.151 e.